The van der Waals surface area contributed by atoms with E-state index < -0.39 is 6.10 Å². The molecule has 4 nitrogen and oxygen atoms in total. The smallest absolute Gasteiger partial charge is 0.166 e. The number of fused-ring (bicyclic) bond motifs is 1. The second-order valence-corrected chi connectivity index (χ2v) is 3.86. The lowest BCUT2D eigenvalue weighted by Gasteiger charge is -2.13. The van der Waals surface area contributed by atoms with Gasteiger partial charge in [0, 0.05) is 29.1 Å². The van der Waals surface area contributed by atoms with Gasteiger partial charge in [-0.15, -0.1) is 0 Å². The second kappa shape index (κ2) is 3.89. The monoisotopic (exact) mass is 229 g/mol. The fourth-order valence-corrected chi connectivity index (χ4v) is 2.00. The number of nitrogens with two attached hydrogens (primary N) is 1. The van der Waals surface area contributed by atoms with Gasteiger partial charge < -0.3 is 20.7 Å². The topological polar surface area (TPSA) is 75.7 Å². The minimum Gasteiger partial charge on any atom is -0.504 e. The normalized spacial score (nSPS) is 15.9. The predicted molar refractivity (Wildman–Crippen MR) is 56.3 cm³/mol. The SMILES string of the molecule is NCC(O)c1cc(Cl)c2c(c1O)OCC2. The molecule has 1 aliphatic rings. The van der Waals surface area contributed by atoms with Crippen LogP contribution in [-0.2, 0) is 6.42 Å². The van der Waals surface area contributed by atoms with Gasteiger partial charge in [-0.3, -0.25) is 0 Å². The number of hydrogen-bond acceptors (Lipinski definition) is 4. The van der Waals surface area contributed by atoms with Crippen LogP contribution in [0.3, 0.4) is 0 Å². The van der Waals surface area contributed by atoms with Crippen molar-refractivity contribution in [3.05, 3.63) is 22.2 Å². The molecular formula is C10H12ClNO3. The predicted octanol–water partition coefficient (Wildman–Crippen LogP) is 0.973. The number of halogens is 1. The molecular weight excluding hydrogens is 218 g/mol. The van der Waals surface area contributed by atoms with Crippen LogP contribution in [-0.4, -0.2) is 23.4 Å². The Morgan fingerprint density at radius 1 is 1.60 bits per heavy atom. The van der Waals surface area contributed by atoms with Crippen molar-refractivity contribution in [2.24, 2.45) is 5.73 Å². The van der Waals surface area contributed by atoms with E-state index in [1.165, 1.54) is 0 Å². The van der Waals surface area contributed by atoms with Crippen molar-refractivity contribution in [2.45, 2.75) is 12.5 Å². The number of benzene rings is 1. The van der Waals surface area contributed by atoms with Gasteiger partial charge >= 0.3 is 0 Å². The average molecular weight is 230 g/mol. The van der Waals surface area contributed by atoms with Gasteiger partial charge in [-0.05, 0) is 6.07 Å². The summed E-state index contributed by atoms with van der Waals surface area (Å²) in [7, 11) is 0. The molecule has 0 radical (unpaired) electrons. The van der Waals surface area contributed by atoms with Crippen molar-refractivity contribution >= 4 is 11.6 Å². The van der Waals surface area contributed by atoms with Crippen LogP contribution in [0.2, 0.25) is 5.02 Å². The molecule has 4 N–H and O–H groups in total. The quantitative estimate of drug-likeness (QED) is 0.707. The van der Waals surface area contributed by atoms with Crippen LogP contribution in [0.1, 0.15) is 17.2 Å². The van der Waals surface area contributed by atoms with E-state index >= 15 is 0 Å². The molecule has 0 spiro atoms. The van der Waals surface area contributed by atoms with Crippen molar-refractivity contribution in [2.75, 3.05) is 13.2 Å². The molecule has 0 bridgehead atoms. The first kappa shape index (κ1) is 10.5. The Morgan fingerprint density at radius 3 is 3.00 bits per heavy atom. The molecule has 1 unspecified atom stereocenters. The number of hydrogen-bond donors (Lipinski definition) is 3. The van der Waals surface area contributed by atoms with Crippen LogP contribution < -0.4 is 10.5 Å². The minimum absolute atomic E-state index is 0.0304. The van der Waals surface area contributed by atoms with Gasteiger partial charge in [0.15, 0.2) is 11.5 Å². The Morgan fingerprint density at radius 2 is 2.33 bits per heavy atom. The van der Waals surface area contributed by atoms with Crippen LogP contribution >= 0.6 is 11.6 Å². The zero-order chi connectivity index (χ0) is 11.0. The fraction of sp³-hybridized carbons (Fsp3) is 0.400. The summed E-state index contributed by atoms with van der Waals surface area (Å²) < 4.78 is 5.26. The maximum Gasteiger partial charge on any atom is 0.166 e. The van der Waals surface area contributed by atoms with Gasteiger partial charge in [-0.1, -0.05) is 11.6 Å². The van der Waals surface area contributed by atoms with E-state index in [9.17, 15) is 10.2 Å². The lowest BCUT2D eigenvalue weighted by molar-refractivity contribution is 0.181. The Labute approximate surface area is 92.2 Å². The van der Waals surface area contributed by atoms with Crippen LogP contribution in [0.25, 0.3) is 0 Å². The van der Waals surface area contributed by atoms with E-state index in [-0.39, 0.29) is 12.3 Å². The van der Waals surface area contributed by atoms with Crippen molar-refractivity contribution in [1.82, 2.24) is 0 Å². The maximum absolute atomic E-state index is 9.84. The third kappa shape index (κ3) is 1.65. The maximum atomic E-state index is 9.84. The van der Waals surface area contributed by atoms with Gasteiger partial charge in [0.25, 0.3) is 0 Å². The van der Waals surface area contributed by atoms with Crippen LogP contribution in [0, 0.1) is 0 Å². The third-order valence-corrected chi connectivity index (χ3v) is 2.85. The van der Waals surface area contributed by atoms with E-state index in [4.69, 9.17) is 22.1 Å². The van der Waals surface area contributed by atoms with Crippen LogP contribution in [0.4, 0.5) is 0 Å². The van der Waals surface area contributed by atoms with Crippen molar-refractivity contribution in [3.63, 3.8) is 0 Å². The highest BCUT2D eigenvalue weighted by molar-refractivity contribution is 6.31. The summed E-state index contributed by atoms with van der Waals surface area (Å²) in [5, 5.41) is 19.9. The summed E-state index contributed by atoms with van der Waals surface area (Å²) in [6.07, 6.45) is -0.238. The number of phenols is 1. The number of rotatable bonds is 2. The van der Waals surface area contributed by atoms with Crippen LogP contribution in [0.5, 0.6) is 11.5 Å². The van der Waals surface area contributed by atoms with Gasteiger partial charge in [-0.25, -0.2) is 0 Å². The molecule has 0 aliphatic carbocycles. The van der Waals surface area contributed by atoms with E-state index in [1.54, 1.807) is 6.07 Å². The van der Waals surface area contributed by atoms with Crippen molar-refractivity contribution in [1.29, 1.82) is 0 Å². The molecule has 82 valence electrons. The first-order chi connectivity index (χ1) is 7.15. The first-order valence-electron chi connectivity index (χ1n) is 4.70. The molecule has 1 aromatic rings. The van der Waals surface area contributed by atoms with Gasteiger partial charge in [0.2, 0.25) is 0 Å². The molecule has 1 heterocycles. The minimum atomic E-state index is -0.919. The summed E-state index contributed by atoms with van der Waals surface area (Å²) >= 11 is 6.00. The number of aliphatic hydroxyl groups excluding tert-OH is 1. The highest BCUT2D eigenvalue weighted by Crippen LogP contribution is 2.43. The molecule has 1 aliphatic heterocycles. The lowest BCUT2D eigenvalue weighted by atomic mass is 10.0. The molecule has 5 heteroatoms. The van der Waals surface area contributed by atoms with Gasteiger partial charge in [0.05, 0.1) is 12.7 Å². The van der Waals surface area contributed by atoms with Crippen molar-refractivity contribution in [3.8, 4) is 11.5 Å². The number of ether oxygens (including phenoxy) is 1. The highest BCUT2D eigenvalue weighted by atomic mass is 35.5. The van der Waals surface area contributed by atoms with E-state index in [1.807, 2.05) is 0 Å². The Bertz CT molecular complexity index is 395. The van der Waals surface area contributed by atoms with E-state index in [2.05, 4.69) is 0 Å². The highest BCUT2D eigenvalue weighted by Gasteiger charge is 2.25. The number of aromatic hydroxyl groups is 1. The van der Waals surface area contributed by atoms with Crippen LogP contribution in [0.15, 0.2) is 6.07 Å². The second-order valence-electron chi connectivity index (χ2n) is 3.45. The Kier molecular flexibility index (Phi) is 2.73. The number of aliphatic hydroxyl groups is 1. The molecule has 1 atom stereocenters. The lowest BCUT2D eigenvalue weighted by Crippen LogP contribution is -2.12. The Hall–Kier alpha value is -0.970. The molecule has 0 aromatic heterocycles. The third-order valence-electron chi connectivity index (χ3n) is 2.51. The molecule has 0 amide bonds. The fourth-order valence-electron chi connectivity index (χ4n) is 1.70. The molecule has 15 heavy (non-hydrogen) atoms. The largest absolute Gasteiger partial charge is 0.504 e. The Balaban J connectivity index is 2.54. The number of phenolic OH excluding ortho intramolecular Hbond substituents is 1. The summed E-state index contributed by atoms with van der Waals surface area (Å²) in [4.78, 5) is 0. The molecule has 0 saturated heterocycles. The van der Waals surface area contributed by atoms with Gasteiger partial charge in [0.1, 0.15) is 0 Å². The molecule has 0 fully saturated rings. The average Bonchev–Trinajstić information content (AvgIpc) is 2.71. The summed E-state index contributed by atoms with van der Waals surface area (Å²) in [5.74, 6) is 0.329. The molecule has 0 saturated carbocycles. The van der Waals surface area contributed by atoms with Crippen molar-refractivity contribution < 1.29 is 14.9 Å². The summed E-state index contributed by atoms with van der Waals surface area (Å²) in [6.45, 7) is 0.535. The summed E-state index contributed by atoms with van der Waals surface area (Å²) in [6, 6.07) is 1.54. The zero-order valence-electron chi connectivity index (χ0n) is 8.03. The molecule has 1 aromatic carbocycles. The zero-order valence-corrected chi connectivity index (χ0v) is 8.79. The van der Waals surface area contributed by atoms with E-state index in [0.717, 1.165) is 5.56 Å². The summed E-state index contributed by atoms with van der Waals surface area (Å²) in [5.41, 5.74) is 6.44. The first-order valence-corrected chi connectivity index (χ1v) is 5.08. The molecule has 2 rings (SSSR count). The standard InChI is InChI=1S/C10H12ClNO3/c11-7-3-6(8(13)4-12)9(14)10-5(7)1-2-15-10/h3,8,13-14H,1-2,4,12H2. The van der Waals surface area contributed by atoms with E-state index in [0.29, 0.717) is 29.4 Å². The van der Waals surface area contributed by atoms with Gasteiger partial charge in [-0.2, -0.15) is 0 Å².